The van der Waals surface area contributed by atoms with E-state index in [0.717, 1.165) is 29.9 Å². The molecular weight excluding hydrogens is 491 g/mol. The summed E-state index contributed by atoms with van der Waals surface area (Å²) in [6.07, 6.45) is 2.79. The van der Waals surface area contributed by atoms with Crippen molar-refractivity contribution in [1.29, 1.82) is 0 Å². The highest BCUT2D eigenvalue weighted by molar-refractivity contribution is 7.93. The third kappa shape index (κ3) is 5.79. The monoisotopic (exact) mass is 512 g/mol. The Kier molecular flexibility index (Phi) is 7.11. The highest BCUT2D eigenvalue weighted by Crippen LogP contribution is 2.29. The van der Waals surface area contributed by atoms with E-state index in [4.69, 9.17) is 16.3 Å². The molecule has 1 N–H and O–H groups in total. The maximum Gasteiger partial charge on any atom is 0.263 e. The SMILES string of the molecule is O=C(COc1ccc(F)c(Cl)c1)N1CCC(c2ccc(S(=O)(=O)Nc3ncns3)cc2)CC1.[HH]. The Labute approximate surface area is 201 Å². The van der Waals surface area contributed by atoms with Crippen LogP contribution in [0.2, 0.25) is 5.02 Å². The first-order valence-corrected chi connectivity index (χ1v) is 12.7. The van der Waals surface area contributed by atoms with Crippen molar-refractivity contribution in [2.75, 3.05) is 24.4 Å². The number of nitrogens with zero attached hydrogens (tertiary/aromatic N) is 3. The third-order valence-corrected chi connectivity index (χ3v) is 7.70. The molecule has 4 rings (SSSR count). The Morgan fingerprint density at radius 1 is 1.24 bits per heavy atom. The molecule has 2 aromatic carbocycles. The first-order valence-electron chi connectivity index (χ1n) is 10.1. The van der Waals surface area contributed by atoms with E-state index in [1.807, 2.05) is 0 Å². The van der Waals surface area contributed by atoms with Gasteiger partial charge in [0.25, 0.3) is 15.9 Å². The van der Waals surface area contributed by atoms with Gasteiger partial charge in [0.1, 0.15) is 17.9 Å². The third-order valence-electron chi connectivity index (χ3n) is 5.35. The van der Waals surface area contributed by atoms with Gasteiger partial charge < -0.3 is 9.64 Å². The van der Waals surface area contributed by atoms with Crippen LogP contribution in [0.15, 0.2) is 53.7 Å². The zero-order valence-corrected chi connectivity index (χ0v) is 19.7. The van der Waals surface area contributed by atoms with Crippen molar-refractivity contribution < 1.29 is 23.8 Å². The van der Waals surface area contributed by atoms with Gasteiger partial charge in [-0.1, -0.05) is 23.7 Å². The molecule has 0 saturated carbocycles. The number of hydrogen-bond donors (Lipinski definition) is 1. The van der Waals surface area contributed by atoms with E-state index < -0.39 is 15.8 Å². The molecule has 8 nitrogen and oxygen atoms in total. The molecule has 0 unspecified atom stereocenters. The van der Waals surface area contributed by atoms with Gasteiger partial charge in [0.2, 0.25) is 5.13 Å². The van der Waals surface area contributed by atoms with Crippen molar-refractivity contribution >= 4 is 44.2 Å². The van der Waals surface area contributed by atoms with Gasteiger partial charge in [-0.2, -0.15) is 4.37 Å². The minimum absolute atomic E-state index is 0. The predicted molar refractivity (Wildman–Crippen MR) is 125 cm³/mol. The number of halogens is 2. The zero-order chi connectivity index (χ0) is 23.4. The Hall–Kier alpha value is -2.76. The number of rotatable bonds is 7. The number of carbonyl (C=O) groups is 1. The second kappa shape index (κ2) is 10.0. The second-order valence-corrected chi connectivity index (χ2v) is 10.3. The number of likely N-dealkylation sites (tertiary alicyclic amines) is 1. The molecule has 0 atom stereocenters. The van der Waals surface area contributed by atoms with Crippen molar-refractivity contribution in [2.45, 2.75) is 23.7 Å². The van der Waals surface area contributed by atoms with Crippen LogP contribution in [0.3, 0.4) is 0 Å². The van der Waals surface area contributed by atoms with Gasteiger partial charge in [-0.25, -0.2) is 17.8 Å². The number of benzene rings is 2. The number of hydrogen-bond acceptors (Lipinski definition) is 7. The van der Waals surface area contributed by atoms with Crippen molar-refractivity contribution in [3.63, 3.8) is 0 Å². The minimum Gasteiger partial charge on any atom is -0.484 e. The van der Waals surface area contributed by atoms with Crippen molar-refractivity contribution in [3.8, 4) is 5.75 Å². The smallest absolute Gasteiger partial charge is 0.263 e. The van der Waals surface area contributed by atoms with Crippen LogP contribution < -0.4 is 9.46 Å². The number of piperidine rings is 1. The summed E-state index contributed by atoms with van der Waals surface area (Å²) in [7, 11) is -3.72. The number of sulfonamides is 1. The van der Waals surface area contributed by atoms with Crippen LogP contribution in [0.5, 0.6) is 5.75 Å². The van der Waals surface area contributed by atoms with Gasteiger partial charge >= 0.3 is 0 Å². The summed E-state index contributed by atoms with van der Waals surface area (Å²) in [4.78, 5) is 18.2. The fourth-order valence-corrected chi connectivity index (χ4v) is 5.41. The second-order valence-electron chi connectivity index (χ2n) is 7.44. The van der Waals surface area contributed by atoms with Crippen LogP contribution in [-0.2, 0) is 14.8 Å². The molecule has 33 heavy (non-hydrogen) atoms. The molecule has 1 amide bonds. The van der Waals surface area contributed by atoms with E-state index in [0.29, 0.717) is 18.8 Å². The molecule has 0 spiro atoms. The molecule has 1 aromatic heterocycles. The van der Waals surface area contributed by atoms with Gasteiger partial charge in [0.05, 0.1) is 9.92 Å². The molecule has 1 aliphatic heterocycles. The molecule has 12 heteroatoms. The molecule has 2 heterocycles. The van der Waals surface area contributed by atoms with Crippen molar-refractivity contribution in [3.05, 3.63) is 65.2 Å². The van der Waals surface area contributed by atoms with Crippen LogP contribution >= 0.6 is 23.1 Å². The van der Waals surface area contributed by atoms with Gasteiger partial charge in [0.15, 0.2) is 6.61 Å². The van der Waals surface area contributed by atoms with E-state index in [1.54, 1.807) is 29.2 Å². The van der Waals surface area contributed by atoms with E-state index in [-0.39, 0.29) is 34.9 Å². The Balaban J connectivity index is 0.00000324. The summed E-state index contributed by atoms with van der Waals surface area (Å²) in [5, 5.41) is 0.151. The minimum atomic E-state index is -3.72. The predicted octanol–water partition coefficient (Wildman–Crippen LogP) is 4.16. The fraction of sp³-hybridized carbons (Fsp3) is 0.286. The van der Waals surface area contributed by atoms with Crippen LogP contribution in [0, 0.1) is 5.82 Å². The Morgan fingerprint density at radius 2 is 1.97 bits per heavy atom. The van der Waals surface area contributed by atoms with Crippen LogP contribution in [0.4, 0.5) is 9.52 Å². The molecule has 3 aromatic rings. The highest BCUT2D eigenvalue weighted by Gasteiger charge is 2.25. The Morgan fingerprint density at radius 3 is 2.61 bits per heavy atom. The van der Waals surface area contributed by atoms with E-state index in [2.05, 4.69) is 14.1 Å². The van der Waals surface area contributed by atoms with E-state index >= 15 is 0 Å². The summed E-state index contributed by atoms with van der Waals surface area (Å²) in [6, 6.07) is 10.7. The zero-order valence-electron chi connectivity index (χ0n) is 17.3. The molecule has 0 aliphatic carbocycles. The van der Waals surface area contributed by atoms with E-state index in [9.17, 15) is 17.6 Å². The quantitative estimate of drug-likeness (QED) is 0.510. The van der Waals surface area contributed by atoms with Gasteiger partial charge in [0, 0.05) is 32.1 Å². The van der Waals surface area contributed by atoms with Gasteiger partial charge in [-0.3, -0.25) is 9.52 Å². The largest absolute Gasteiger partial charge is 0.484 e. The lowest BCUT2D eigenvalue weighted by Crippen LogP contribution is -2.40. The summed E-state index contributed by atoms with van der Waals surface area (Å²) in [5.41, 5.74) is 1.02. The maximum absolute atomic E-state index is 13.2. The summed E-state index contributed by atoms with van der Waals surface area (Å²) >= 11 is 6.69. The standard InChI is InChI=1S/C21H20ClFN4O4S2.H2/c22-18-11-16(3-6-19(18)23)31-12-20(28)27-9-7-15(8-10-27)14-1-4-17(5-2-14)33(29,30)26-21-24-13-25-32-21;/h1-6,11,13,15H,7-10,12H2,(H,24,25,26);1H. The number of nitrogens with one attached hydrogen (secondary N) is 1. The fourth-order valence-electron chi connectivity index (χ4n) is 3.58. The van der Waals surface area contributed by atoms with Crippen LogP contribution in [0.1, 0.15) is 25.7 Å². The molecule has 176 valence electrons. The molecule has 1 fully saturated rings. The number of amides is 1. The summed E-state index contributed by atoms with van der Waals surface area (Å²) in [6.45, 7) is 0.978. The molecule has 1 saturated heterocycles. The average Bonchev–Trinajstić information content (AvgIpc) is 3.32. The molecular formula is C21H22ClFN4O4S2. The van der Waals surface area contributed by atoms with Crippen LogP contribution in [0.25, 0.3) is 0 Å². The first-order chi connectivity index (χ1) is 15.8. The van der Waals surface area contributed by atoms with E-state index in [1.165, 1.54) is 24.5 Å². The summed E-state index contributed by atoms with van der Waals surface area (Å²) in [5.74, 6) is -0.145. The normalized spacial score (nSPS) is 14.8. The van der Waals surface area contributed by atoms with Crippen molar-refractivity contribution in [1.82, 2.24) is 14.3 Å². The topological polar surface area (TPSA) is 101 Å². The van der Waals surface area contributed by atoms with Crippen molar-refractivity contribution in [2.24, 2.45) is 0 Å². The Bertz CT molecular complexity index is 1220. The molecule has 0 radical (unpaired) electrons. The number of carbonyl (C=O) groups excluding carboxylic acids is 1. The van der Waals surface area contributed by atoms with Gasteiger partial charge in [-0.15, -0.1) is 0 Å². The highest BCUT2D eigenvalue weighted by atomic mass is 35.5. The van der Waals surface area contributed by atoms with Gasteiger partial charge in [-0.05, 0) is 48.6 Å². The number of aromatic nitrogens is 2. The maximum atomic E-state index is 13.2. The number of ether oxygens (including phenoxy) is 1. The van der Waals surface area contributed by atoms with Crippen LogP contribution in [-0.4, -0.2) is 48.3 Å². The molecule has 1 aliphatic rings. The average molecular weight is 513 g/mol. The lowest BCUT2D eigenvalue weighted by Gasteiger charge is -2.32. The lowest BCUT2D eigenvalue weighted by atomic mass is 9.89. The number of anilines is 1. The lowest BCUT2D eigenvalue weighted by molar-refractivity contribution is -0.134. The summed E-state index contributed by atoms with van der Waals surface area (Å²) < 4.78 is 49.7. The first kappa shape index (κ1) is 23.4. The molecule has 0 bridgehead atoms.